The Hall–Kier alpha value is -0.290. The van der Waals surface area contributed by atoms with E-state index >= 15 is 0 Å². The van der Waals surface area contributed by atoms with E-state index in [1.807, 2.05) is 0 Å². The van der Waals surface area contributed by atoms with Crippen molar-refractivity contribution in [3.05, 3.63) is 0 Å². The molecule has 2 aliphatic rings. The first kappa shape index (κ1) is 12.2. The van der Waals surface area contributed by atoms with Crippen molar-refractivity contribution in [2.45, 2.75) is 63.7 Å². The number of rotatable bonds is 1. The minimum Gasteiger partial charge on any atom is -0.346 e. The summed E-state index contributed by atoms with van der Waals surface area (Å²) in [5, 5.41) is 0. The molecule has 0 unspecified atom stereocenters. The molecule has 0 radical (unpaired) electrons. The number of ether oxygens (including phenoxy) is 2. The van der Waals surface area contributed by atoms with Gasteiger partial charge in [-0.15, -0.1) is 0 Å². The van der Waals surface area contributed by atoms with Crippen molar-refractivity contribution in [2.75, 3.05) is 0 Å². The molecule has 1 aliphatic carbocycles. The quantitative estimate of drug-likeness (QED) is 0.698. The zero-order valence-electron chi connectivity index (χ0n) is 9.30. The number of hydrogen-bond donors (Lipinski definition) is 0. The van der Waals surface area contributed by atoms with E-state index < -0.39 is 24.7 Å². The molecule has 0 amide bonds. The van der Waals surface area contributed by atoms with Gasteiger partial charge in [-0.2, -0.15) is 13.2 Å². The third kappa shape index (κ3) is 2.51. The lowest BCUT2D eigenvalue weighted by Gasteiger charge is -2.26. The molecule has 16 heavy (non-hydrogen) atoms. The molecular weight excluding hydrogens is 221 g/mol. The first-order valence-electron chi connectivity index (χ1n) is 5.86. The van der Waals surface area contributed by atoms with Crippen molar-refractivity contribution in [3.8, 4) is 0 Å². The maximum absolute atomic E-state index is 12.5. The van der Waals surface area contributed by atoms with Crippen molar-refractivity contribution in [1.82, 2.24) is 0 Å². The molecule has 1 saturated heterocycles. The zero-order valence-corrected chi connectivity index (χ0v) is 9.30. The molecule has 0 spiro atoms. The molecule has 5 heteroatoms. The highest BCUT2D eigenvalue weighted by Gasteiger charge is 2.52. The van der Waals surface area contributed by atoms with E-state index in [0.717, 1.165) is 25.7 Å². The van der Waals surface area contributed by atoms with Crippen LogP contribution in [0.15, 0.2) is 0 Å². The molecule has 3 atom stereocenters. The molecule has 0 N–H and O–H groups in total. The van der Waals surface area contributed by atoms with E-state index in [0.29, 0.717) is 0 Å². The largest absolute Gasteiger partial charge is 0.417 e. The second-order valence-electron chi connectivity index (χ2n) is 4.71. The first-order valence-corrected chi connectivity index (χ1v) is 5.86. The molecule has 1 saturated carbocycles. The normalized spacial score (nSPS) is 37.9. The highest BCUT2D eigenvalue weighted by Crippen LogP contribution is 2.38. The molecular formula is C11H17F3O2. The average Bonchev–Trinajstić information content (AvgIpc) is 2.61. The van der Waals surface area contributed by atoms with Gasteiger partial charge in [-0.05, 0) is 19.8 Å². The average molecular weight is 238 g/mol. The topological polar surface area (TPSA) is 18.5 Å². The number of alkyl halides is 3. The third-order valence-corrected chi connectivity index (χ3v) is 3.41. The van der Waals surface area contributed by atoms with Crippen LogP contribution in [0.1, 0.15) is 39.0 Å². The second-order valence-corrected chi connectivity index (χ2v) is 4.71. The van der Waals surface area contributed by atoms with Gasteiger partial charge in [0.25, 0.3) is 0 Å². The van der Waals surface area contributed by atoms with Crippen LogP contribution >= 0.6 is 0 Å². The van der Waals surface area contributed by atoms with Crippen molar-refractivity contribution in [2.24, 2.45) is 5.92 Å². The van der Waals surface area contributed by atoms with Gasteiger partial charge in [0.1, 0.15) is 0 Å². The van der Waals surface area contributed by atoms with Gasteiger partial charge in [-0.1, -0.05) is 19.3 Å². The van der Waals surface area contributed by atoms with Crippen LogP contribution in [-0.4, -0.2) is 24.7 Å². The highest BCUT2D eigenvalue weighted by molar-refractivity contribution is 4.83. The fourth-order valence-corrected chi connectivity index (χ4v) is 2.54. The van der Waals surface area contributed by atoms with Gasteiger partial charge >= 0.3 is 6.18 Å². The predicted octanol–water partition coefficient (Wildman–Crippen LogP) is 3.26. The van der Waals surface area contributed by atoms with Crippen LogP contribution in [0.2, 0.25) is 0 Å². The lowest BCUT2D eigenvalue weighted by molar-refractivity contribution is -0.223. The lowest BCUT2D eigenvalue weighted by atomic mass is 9.89. The van der Waals surface area contributed by atoms with Gasteiger partial charge < -0.3 is 9.47 Å². The summed E-state index contributed by atoms with van der Waals surface area (Å²) in [4.78, 5) is 0. The third-order valence-electron chi connectivity index (χ3n) is 3.41. The minimum absolute atomic E-state index is 0.142. The molecule has 0 aromatic rings. The predicted molar refractivity (Wildman–Crippen MR) is 51.8 cm³/mol. The van der Waals surface area contributed by atoms with Gasteiger partial charge in [0, 0.05) is 5.92 Å². The van der Waals surface area contributed by atoms with Gasteiger partial charge in [0.15, 0.2) is 12.4 Å². The Bertz CT molecular complexity index is 236. The van der Waals surface area contributed by atoms with Gasteiger partial charge in [0.2, 0.25) is 0 Å². The van der Waals surface area contributed by atoms with Gasteiger partial charge in [-0.3, -0.25) is 0 Å². The minimum atomic E-state index is -4.32. The van der Waals surface area contributed by atoms with Crippen molar-refractivity contribution in [3.63, 3.8) is 0 Å². The highest BCUT2D eigenvalue weighted by atomic mass is 19.4. The summed E-state index contributed by atoms with van der Waals surface area (Å²) in [6.45, 7) is 1.43. The SMILES string of the molecule is C[C@@H]1O[C@H](C2CCCCC2)O[C@@H]1C(F)(F)F. The van der Waals surface area contributed by atoms with Crippen LogP contribution < -0.4 is 0 Å². The van der Waals surface area contributed by atoms with Crippen molar-refractivity contribution >= 4 is 0 Å². The van der Waals surface area contributed by atoms with Gasteiger partial charge in [-0.25, -0.2) is 0 Å². The molecule has 94 valence electrons. The van der Waals surface area contributed by atoms with Crippen molar-refractivity contribution < 1.29 is 22.6 Å². The zero-order chi connectivity index (χ0) is 11.8. The van der Waals surface area contributed by atoms with E-state index in [1.165, 1.54) is 13.3 Å². The molecule has 2 rings (SSSR count). The summed E-state index contributed by atoms with van der Waals surface area (Å²) in [6.07, 6.45) is -2.46. The summed E-state index contributed by atoms with van der Waals surface area (Å²) in [7, 11) is 0. The van der Waals surface area contributed by atoms with Gasteiger partial charge in [0.05, 0.1) is 6.10 Å². The van der Waals surface area contributed by atoms with E-state index in [-0.39, 0.29) is 5.92 Å². The Labute approximate surface area is 93.1 Å². The molecule has 1 heterocycles. The van der Waals surface area contributed by atoms with Crippen LogP contribution in [0.5, 0.6) is 0 Å². The molecule has 2 fully saturated rings. The smallest absolute Gasteiger partial charge is 0.346 e. The molecule has 0 aromatic carbocycles. The van der Waals surface area contributed by atoms with Crippen LogP contribution in [0, 0.1) is 5.92 Å². The number of hydrogen-bond acceptors (Lipinski definition) is 2. The molecule has 0 aromatic heterocycles. The monoisotopic (exact) mass is 238 g/mol. The van der Waals surface area contributed by atoms with Crippen LogP contribution in [-0.2, 0) is 9.47 Å². The van der Waals surface area contributed by atoms with E-state index in [4.69, 9.17) is 9.47 Å². The van der Waals surface area contributed by atoms with E-state index in [2.05, 4.69) is 0 Å². The van der Waals surface area contributed by atoms with Crippen molar-refractivity contribution in [1.29, 1.82) is 0 Å². The number of halogens is 3. The summed E-state index contributed by atoms with van der Waals surface area (Å²) < 4.78 is 48.0. The Morgan fingerprint density at radius 3 is 2.12 bits per heavy atom. The van der Waals surface area contributed by atoms with Crippen LogP contribution in [0.3, 0.4) is 0 Å². The Morgan fingerprint density at radius 1 is 1.00 bits per heavy atom. The standard InChI is InChI=1S/C11H17F3O2/c1-7-9(11(12,13)14)16-10(15-7)8-5-3-2-4-6-8/h7-10H,2-6H2,1H3/t7-,9-,10-/m0/s1. The summed E-state index contributed by atoms with van der Waals surface area (Å²) >= 11 is 0. The lowest BCUT2D eigenvalue weighted by Crippen LogP contribution is -2.36. The maximum Gasteiger partial charge on any atom is 0.417 e. The second kappa shape index (κ2) is 4.53. The fourth-order valence-electron chi connectivity index (χ4n) is 2.54. The van der Waals surface area contributed by atoms with E-state index in [9.17, 15) is 13.2 Å². The molecule has 0 bridgehead atoms. The first-order chi connectivity index (χ1) is 7.48. The summed E-state index contributed by atoms with van der Waals surface area (Å²) in [5.74, 6) is 0.142. The summed E-state index contributed by atoms with van der Waals surface area (Å²) in [6, 6.07) is 0. The molecule has 2 nitrogen and oxygen atoms in total. The Morgan fingerprint density at radius 2 is 1.62 bits per heavy atom. The maximum atomic E-state index is 12.5. The molecule has 1 aliphatic heterocycles. The fraction of sp³-hybridized carbons (Fsp3) is 1.00. The van der Waals surface area contributed by atoms with E-state index in [1.54, 1.807) is 0 Å². The summed E-state index contributed by atoms with van der Waals surface area (Å²) in [5.41, 5.74) is 0. The Balaban J connectivity index is 1.95. The van der Waals surface area contributed by atoms with Crippen LogP contribution in [0.4, 0.5) is 13.2 Å². The van der Waals surface area contributed by atoms with Crippen LogP contribution in [0.25, 0.3) is 0 Å². The Kier molecular flexibility index (Phi) is 3.45.